The van der Waals surface area contributed by atoms with Crippen LogP contribution in [0.5, 0.6) is 0 Å². The second-order valence-corrected chi connectivity index (χ2v) is 5.55. The van der Waals surface area contributed by atoms with Crippen LogP contribution in [0.3, 0.4) is 0 Å². The average Bonchev–Trinajstić information content (AvgIpc) is 2.36. The van der Waals surface area contributed by atoms with E-state index in [0.29, 0.717) is 18.0 Å². The van der Waals surface area contributed by atoms with E-state index in [9.17, 15) is 9.00 Å². The maximum atomic E-state index is 11.8. The molecule has 0 aromatic carbocycles. The summed E-state index contributed by atoms with van der Waals surface area (Å²) in [6.07, 6.45) is 2.33. The molecule has 0 saturated carbocycles. The zero-order valence-corrected chi connectivity index (χ0v) is 11.6. The highest BCUT2D eigenvalue weighted by Crippen LogP contribution is 2.01. The van der Waals surface area contributed by atoms with Crippen molar-refractivity contribution in [3.8, 4) is 0 Å². The molecule has 0 radical (unpaired) electrons. The van der Waals surface area contributed by atoms with E-state index in [1.807, 2.05) is 6.92 Å². The summed E-state index contributed by atoms with van der Waals surface area (Å²) in [5, 5.41) is 13.3. The number of carbonyl (C=O) groups excluding carboxylic acids is 1. The Bertz CT molecular complexity index is 422. The van der Waals surface area contributed by atoms with Gasteiger partial charge in [-0.2, -0.15) is 0 Å². The highest BCUT2D eigenvalue weighted by molar-refractivity contribution is 7.84. The second-order valence-electron chi connectivity index (χ2n) is 3.99. The fourth-order valence-corrected chi connectivity index (χ4v) is 1.98. The molecule has 18 heavy (non-hydrogen) atoms. The van der Waals surface area contributed by atoms with Crippen molar-refractivity contribution in [2.75, 3.05) is 24.4 Å². The topological polar surface area (TPSA) is 84.0 Å². The van der Waals surface area contributed by atoms with Crippen LogP contribution in [0, 0.1) is 0 Å². The van der Waals surface area contributed by atoms with Gasteiger partial charge in [0.05, 0.1) is 0 Å². The van der Waals surface area contributed by atoms with Crippen LogP contribution in [0.2, 0.25) is 0 Å². The molecule has 2 unspecified atom stereocenters. The van der Waals surface area contributed by atoms with Gasteiger partial charge in [0.1, 0.15) is 5.82 Å². The third kappa shape index (κ3) is 4.79. The highest BCUT2D eigenvalue weighted by atomic mass is 32.2. The van der Waals surface area contributed by atoms with E-state index < -0.39 is 10.8 Å². The molecule has 0 aliphatic heterocycles. The Morgan fingerprint density at radius 3 is 2.67 bits per heavy atom. The van der Waals surface area contributed by atoms with Gasteiger partial charge in [-0.1, -0.05) is 0 Å². The molecule has 0 bridgehead atoms. The fourth-order valence-electron chi connectivity index (χ4n) is 1.30. The molecule has 2 N–H and O–H groups in total. The fraction of sp³-hybridized carbons (Fsp3) is 0.545. The summed E-state index contributed by atoms with van der Waals surface area (Å²) in [5.41, 5.74) is 0.276. The average molecular weight is 270 g/mol. The summed E-state index contributed by atoms with van der Waals surface area (Å²) in [5.74, 6) is 0.923. The maximum absolute atomic E-state index is 11.8. The van der Waals surface area contributed by atoms with Crippen LogP contribution in [0.4, 0.5) is 5.82 Å². The molecule has 7 heteroatoms. The molecular weight excluding hydrogens is 252 g/mol. The molecule has 6 nitrogen and oxygen atoms in total. The minimum Gasteiger partial charge on any atom is -0.372 e. The molecule has 1 aromatic rings. The summed E-state index contributed by atoms with van der Waals surface area (Å²) in [7, 11) is 0.895. The number of nitrogens with zero attached hydrogens (tertiary/aromatic N) is 2. The lowest BCUT2D eigenvalue weighted by Crippen LogP contribution is -2.34. The third-order valence-corrected chi connectivity index (χ3v) is 3.18. The molecular formula is C11H18N4O2S. The Morgan fingerprint density at radius 1 is 1.44 bits per heavy atom. The van der Waals surface area contributed by atoms with Crippen molar-refractivity contribution < 1.29 is 9.00 Å². The molecule has 1 heterocycles. The van der Waals surface area contributed by atoms with E-state index in [4.69, 9.17) is 0 Å². The molecule has 0 fully saturated rings. The van der Waals surface area contributed by atoms with Crippen LogP contribution in [-0.4, -0.2) is 45.4 Å². The van der Waals surface area contributed by atoms with E-state index in [2.05, 4.69) is 20.8 Å². The Balaban J connectivity index is 2.50. The number of amides is 1. The van der Waals surface area contributed by atoms with Gasteiger partial charge in [0.15, 0.2) is 5.69 Å². The number of carbonyl (C=O) groups is 1. The van der Waals surface area contributed by atoms with Gasteiger partial charge >= 0.3 is 0 Å². The minimum absolute atomic E-state index is 0.0350. The lowest BCUT2D eigenvalue weighted by Gasteiger charge is -2.12. The molecule has 0 aliphatic rings. The van der Waals surface area contributed by atoms with Crippen molar-refractivity contribution in [1.82, 2.24) is 15.5 Å². The molecule has 0 spiro atoms. The van der Waals surface area contributed by atoms with Crippen LogP contribution in [0.25, 0.3) is 0 Å². The number of nitrogens with one attached hydrogen (secondary N) is 2. The monoisotopic (exact) mass is 270 g/mol. The smallest absolute Gasteiger partial charge is 0.272 e. The molecule has 1 rings (SSSR count). The van der Waals surface area contributed by atoms with Gasteiger partial charge in [0.25, 0.3) is 5.91 Å². The van der Waals surface area contributed by atoms with Crippen LogP contribution in [0.1, 0.15) is 23.8 Å². The number of hydrogen-bond acceptors (Lipinski definition) is 5. The Hall–Kier alpha value is -1.50. The van der Waals surface area contributed by atoms with E-state index in [1.54, 1.807) is 25.4 Å². The predicted octanol–water partition coefficient (Wildman–Crippen LogP) is 0.405. The summed E-state index contributed by atoms with van der Waals surface area (Å²) in [4.78, 5) is 11.8. The first-order chi connectivity index (χ1) is 8.52. The maximum Gasteiger partial charge on any atom is 0.272 e. The highest BCUT2D eigenvalue weighted by Gasteiger charge is 2.11. The van der Waals surface area contributed by atoms with Crippen LogP contribution >= 0.6 is 0 Å². The summed E-state index contributed by atoms with van der Waals surface area (Å²) in [6.45, 7) is 1.88. The standard InChI is InChI=1S/C11H18N4O2S/c1-8(6-7-18(3)17)13-11(16)9-4-5-10(12-2)15-14-9/h4-5,8H,6-7H2,1-3H3,(H,12,15)(H,13,16). The molecule has 1 aromatic heterocycles. The van der Waals surface area contributed by atoms with Crippen molar-refractivity contribution in [2.45, 2.75) is 19.4 Å². The van der Waals surface area contributed by atoms with Crippen molar-refractivity contribution in [1.29, 1.82) is 0 Å². The van der Waals surface area contributed by atoms with Crippen molar-refractivity contribution in [2.24, 2.45) is 0 Å². The number of rotatable bonds is 6. The van der Waals surface area contributed by atoms with Crippen LogP contribution < -0.4 is 10.6 Å². The zero-order valence-electron chi connectivity index (χ0n) is 10.8. The minimum atomic E-state index is -0.837. The van der Waals surface area contributed by atoms with Gasteiger partial charge in [0.2, 0.25) is 0 Å². The van der Waals surface area contributed by atoms with Crippen molar-refractivity contribution in [3.63, 3.8) is 0 Å². The van der Waals surface area contributed by atoms with Gasteiger partial charge < -0.3 is 10.6 Å². The lowest BCUT2D eigenvalue weighted by atomic mass is 10.2. The zero-order chi connectivity index (χ0) is 13.5. The van der Waals surface area contributed by atoms with Crippen LogP contribution in [-0.2, 0) is 10.8 Å². The second kappa shape index (κ2) is 7.05. The lowest BCUT2D eigenvalue weighted by molar-refractivity contribution is 0.0933. The quantitative estimate of drug-likeness (QED) is 0.782. The molecule has 0 aliphatic carbocycles. The Labute approximate surface area is 109 Å². The summed E-state index contributed by atoms with van der Waals surface area (Å²) in [6, 6.07) is 3.26. The first-order valence-corrected chi connectivity index (χ1v) is 7.38. The Morgan fingerprint density at radius 2 is 2.17 bits per heavy atom. The number of hydrogen-bond donors (Lipinski definition) is 2. The van der Waals surface area contributed by atoms with Gasteiger partial charge in [-0.15, -0.1) is 10.2 Å². The predicted molar refractivity (Wildman–Crippen MR) is 72.1 cm³/mol. The van der Waals surface area contributed by atoms with Gasteiger partial charge in [-0.3, -0.25) is 9.00 Å². The van der Waals surface area contributed by atoms with Crippen molar-refractivity contribution >= 4 is 22.5 Å². The van der Waals surface area contributed by atoms with Crippen LogP contribution in [0.15, 0.2) is 12.1 Å². The normalized spacial score (nSPS) is 13.7. The summed E-state index contributed by atoms with van der Waals surface area (Å²) < 4.78 is 10.9. The largest absolute Gasteiger partial charge is 0.372 e. The SMILES string of the molecule is CNc1ccc(C(=O)NC(C)CCS(C)=O)nn1. The molecule has 2 atom stereocenters. The number of aromatic nitrogens is 2. The molecule has 1 amide bonds. The van der Waals surface area contributed by atoms with Gasteiger partial charge in [-0.25, -0.2) is 0 Å². The molecule has 100 valence electrons. The Kier molecular flexibility index (Phi) is 5.70. The van der Waals surface area contributed by atoms with Gasteiger partial charge in [0, 0.05) is 35.9 Å². The summed E-state index contributed by atoms with van der Waals surface area (Å²) >= 11 is 0. The first kappa shape index (κ1) is 14.6. The first-order valence-electron chi connectivity index (χ1n) is 5.65. The van der Waals surface area contributed by atoms with Crippen molar-refractivity contribution in [3.05, 3.63) is 17.8 Å². The third-order valence-electron chi connectivity index (χ3n) is 2.37. The van der Waals surface area contributed by atoms with Gasteiger partial charge in [-0.05, 0) is 25.5 Å². The number of anilines is 1. The molecule has 0 saturated heterocycles. The van der Waals surface area contributed by atoms with E-state index in [0.717, 1.165) is 0 Å². The van der Waals surface area contributed by atoms with E-state index in [-0.39, 0.29) is 17.6 Å². The van der Waals surface area contributed by atoms with E-state index >= 15 is 0 Å². The van der Waals surface area contributed by atoms with E-state index in [1.165, 1.54) is 0 Å².